The standard InChI is InChI=1S/C19H17F3N4OS/c1-3-26-17(12-7-5-4-6-8-12)24-25-19(26)28-11(2)18(27)23-14-10-9-13(20)15(21)16(14)22/h4-11H,3H2,1-2H3,(H,23,27)/t11-/m1/s1. The summed E-state index contributed by atoms with van der Waals surface area (Å²) in [6.45, 7) is 4.13. The normalized spacial score (nSPS) is 12.0. The number of nitrogens with zero attached hydrogens (tertiary/aromatic N) is 3. The van der Waals surface area contributed by atoms with Gasteiger partial charge < -0.3 is 9.88 Å². The molecule has 0 unspecified atom stereocenters. The lowest BCUT2D eigenvalue weighted by atomic mass is 10.2. The van der Waals surface area contributed by atoms with Crippen molar-refractivity contribution in [3.05, 3.63) is 59.9 Å². The highest BCUT2D eigenvalue weighted by molar-refractivity contribution is 8.00. The predicted molar refractivity (Wildman–Crippen MR) is 101 cm³/mol. The summed E-state index contributed by atoms with van der Waals surface area (Å²) < 4.78 is 42.0. The minimum absolute atomic E-state index is 0.418. The fourth-order valence-electron chi connectivity index (χ4n) is 2.53. The number of hydrogen-bond donors (Lipinski definition) is 1. The monoisotopic (exact) mass is 406 g/mol. The van der Waals surface area contributed by atoms with Crippen molar-refractivity contribution in [2.24, 2.45) is 0 Å². The van der Waals surface area contributed by atoms with E-state index in [0.29, 0.717) is 17.5 Å². The van der Waals surface area contributed by atoms with Crippen molar-refractivity contribution < 1.29 is 18.0 Å². The van der Waals surface area contributed by atoms with Crippen molar-refractivity contribution in [3.8, 4) is 11.4 Å². The number of hydrogen-bond acceptors (Lipinski definition) is 4. The first-order valence-electron chi connectivity index (χ1n) is 8.52. The first kappa shape index (κ1) is 19.9. The number of anilines is 1. The highest BCUT2D eigenvalue weighted by atomic mass is 32.2. The fourth-order valence-corrected chi connectivity index (χ4v) is 3.44. The van der Waals surface area contributed by atoms with Gasteiger partial charge in [0.1, 0.15) is 0 Å². The van der Waals surface area contributed by atoms with Gasteiger partial charge in [-0.15, -0.1) is 10.2 Å². The molecule has 0 aliphatic heterocycles. The molecule has 1 heterocycles. The second-order valence-corrected chi connectivity index (χ2v) is 7.20. The van der Waals surface area contributed by atoms with Gasteiger partial charge in [0.15, 0.2) is 28.4 Å². The predicted octanol–water partition coefficient (Wildman–Crippen LogP) is 4.50. The van der Waals surface area contributed by atoms with Crippen LogP contribution in [0.2, 0.25) is 0 Å². The highest BCUT2D eigenvalue weighted by Gasteiger charge is 2.22. The van der Waals surface area contributed by atoms with E-state index in [4.69, 9.17) is 0 Å². The van der Waals surface area contributed by atoms with Crippen LogP contribution in [0.1, 0.15) is 13.8 Å². The Morgan fingerprint density at radius 2 is 1.82 bits per heavy atom. The van der Waals surface area contributed by atoms with Crippen molar-refractivity contribution in [3.63, 3.8) is 0 Å². The molecular formula is C19H17F3N4OS. The lowest BCUT2D eigenvalue weighted by Gasteiger charge is -2.13. The lowest BCUT2D eigenvalue weighted by Crippen LogP contribution is -2.23. The van der Waals surface area contributed by atoms with E-state index in [2.05, 4.69) is 15.5 Å². The zero-order chi connectivity index (χ0) is 20.3. The molecule has 1 aromatic heterocycles. The van der Waals surface area contributed by atoms with Crippen molar-refractivity contribution in [1.29, 1.82) is 0 Å². The summed E-state index contributed by atoms with van der Waals surface area (Å²) in [7, 11) is 0. The Bertz CT molecular complexity index is 994. The summed E-state index contributed by atoms with van der Waals surface area (Å²) >= 11 is 1.14. The zero-order valence-electron chi connectivity index (χ0n) is 15.1. The number of amides is 1. The van der Waals surface area contributed by atoms with E-state index in [1.807, 2.05) is 41.8 Å². The highest BCUT2D eigenvalue weighted by Crippen LogP contribution is 2.28. The maximum absolute atomic E-state index is 13.8. The number of nitrogens with one attached hydrogen (secondary N) is 1. The van der Waals surface area contributed by atoms with Crippen molar-refractivity contribution in [1.82, 2.24) is 14.8 Å². The Labute approximate surface area is 164 Å². The Balaban J connectivity index is 1.76. The maximum atomic E-state index is 13.8. The van der Waals surface area contributed by atoms with Crippen LogP contribution < -0.4 is 5.32 Å². The van der Waals surface area contributed by atoms with Crippen molar-refractivity contribution >= 4 is 23.4 Å². The molecule has 1 amide bonds. The molecule has 1 atom stereocenters. The molecule has 0 aliphatic rings. The van der Waals surface area contributed by atoms with Crippen LogP contribution in [0.15, 0.2) is 47.6 Å². The van der Waals surface area contributed by atoms with Crippen LogP contribution >= 0.6 is 11.8 Å². The summed E-state index contributed by atoms with van der Waals surface area (Å²) in [5, 5.41) is 10.5. The minimum atomic E-state index is -1.63. The van der Waals surface area contributed by atoms with Gasteiger partial charge in [0.25, 0.3) is 0 Å². The van der Waals surface area contributed by atoms with Crippen LogP contribution in [0.25, 0.3) is 11.4 Å². The third-order valence-electron chi connectivity index (χ3n) is 4.01. The molecule has 0 saturated heterocycles. The molecule has 146 valence electrons. The van der Waals surface area contributed by atoms with E-state index in [1.165, 1.54) is 0 Å². The second kappa shape index (κ2) is 8.47. The lowest BCUT2D eigenvalue weighted by molar-refractivity contribution is -0.115. The summed E-state index contributed by atoms with van der Waals surface area (Å²) in [4.78, 5) is 12.4. The van der Waals surface area contributed by atoms with Gasteiger partial charge in [0.05, 0.1) is 10.9 Å². The topological polar surface area (TPSA) is 59.8 Å². The third-order valence-corrected chi connectivity index (χ3v) is 5.09. The Kier molecular flexibility index (Phi) is 6.03. The van der Waals surface area contributed by atoms with Crippen LogP contribution in [0, 0.1) is 17.5 Å². The maximum Gasteiger partial charge on any atom is 0.237 e. The molecule has 0 saturated carbocycles. The van der Waals surface area contributed by atoms with Crippen molar-refractivity contribution in [2.45, 2.75) is 30.8 Å². The Morgan fingerprint density at radius 1 is 1.11 bits per heavy atom. The number of benzene rings is 2. The van der Waals surface area contributed by atoms with Crippen LogP contribution in [0.5, 0.6) is 0 Å². The molecule has 0 fully saturated rings. The first-order valence-corrected chi connectivity index (χ1v) is 9.40. The van der Waals surface area contributed by atoms with Gasteiger partial charge in [0.2, 0.25) is 5.91 Å². The van der Waals surface area contributed by atoms with Gasteiger partial charge in [0, 0.05) is 12.1 Å². The molecule has 0 radical (unpaired) electrons. The average Bonchev–Trinajstić information content (AvgIpc) is 3.11. The van der Waals surface area contributed by atoms with Crippen LogP contribution in [0.4, 0.5) is 18.9 Å². The van der Waals surface area contributed by atoms with Gasteiger partial charge in [-0.2, -0.15) is 0 Å². The van der Waals surface area contributed by atoms with E-state index >= 15 is 0 Å². The molecule has 5 nitrogen and oxygen atoms in total. The Morgan fingerprint density at radius 3 is 2.50 bits per heavy atom. The molecule has 0 bridgehead atoms. The second-order valence-electron chi connectivity index (χ2n) is 5.89. The fraction of sp³-hybridized carbons (Fsp3) is 0.211. The molecule has 2 aromatic carbocycles. The van der Waals surface area contributed by atoms with E-state index in [0.717, 1.165) is 29.5 Å². The number of halogens is 3. The van der Waals surface area contributed by atoms with Gasteiger partial charge in [-0.25, -0.2) is 13.2 Å². The molecule has 1 N–H and O–H groups in total. The zero-order valence-corrected chi connectivity index (χ0v) is 15.9. The van der Waals surface area contributed by atoms with E-state index in [9.17, 15) is 18.0 Å². The van der Waals surface area contributed by atoms with E-state index in [1.54, 1.807) is 6.92 Å². The van der Waals surface area contributed by atoms with Crippen LogP contribution in [0.3, 0.4) is 0 Å². The summed E-state index contributed by atoms with van der Waals surface area (Å²) in [6, 6.07) is 11.2. The minimum Gasteiger partial charge on any atom is -0.323 e. The summed E-state index contributed by atoms with van der Waals surface area (Å²) in [6.07, 6.45) is 0. The largest absolute Gasteiger partial charge is 0.323 e. The SMILES string of the molecule is CCn1c(S[C@H](C)C(=O)Nc2ccc(F)c(F)c2F)nnc1-c1ccccc1. The van der Waals surface area contributed by atoms with E-state index < -0.39 is 34.3 Å². The number of carbonyl (C=O) groups excluding carboxylic acids is 1. The van der Waals surface area contributed by atoms with Gasteiger partial charge >= 0.3 is 0 Å². The molecule has 0 spiro atoms. The summed E-state index contributed by atoms with van der Waals surface area (Å²) in [5.41, 5.74) is 0.475. The van der Waals surface area contributed by atoms with Crippen molar-refractivity contribution in [2.75, 3.05) is 5.32 Å². The van der Waals surface area contributed by atoms with Crippen LogP contribution in [-0.2, 0) is 11.3 Å². The smallest absolute Gasteiger partial charge is 0.237 e. The first-order chi connectivity index (χ1) is 13.4. The Hall–Kier alpha value is -2.81. The molecule has 9 heteroatoms. The quantitative estimate of drug-likeness (QED) is 0.484. The van der Waals surface area contributed by atoms with Gasteiger partial charge in [-0.3, -0.25) is 4.79 Å². The number of thioether (sulfide) groups is 1. The molecule has 3 aromatic rings. The van der Waals surface area contributed by atoms with E-state index in [-0.39, 0.29) is 0 Å². The van der Waals surface area contributed by atoms with Gasteiger partial charge in [-0.1, -0.05) is 42.1 Å². The number of rotatable bonds is 6. The molecule has 28 heavy (non-hydrogen) atoms. The number of carbonyl (C=O) groups is 1. The number of aromatic nitrogens is 3. The van der Waals surface area contributed by atoms with Crippen LogP contribution in [-0.4, -0.2) is 25.9 Å². The third kappa shape index (κ3) is 4.04. The van der Waals surface area contributed by atoms with Gasteiger partial charge in [-0.05, 0) is 26.0 Å². The molecule has 0 aliphatic carbocycles. The summed E-state index contributed by atoms with van der Waals surface area (Å²) in [5.74, 6) is -4.28. The molecular weight excluding hydrogens is 389 g/mol. The average molecular weight is 406 g/mol. The molecule has 3 rings (SSSR count).